The average molecular weight is 214 g/mol. The third kappa shape index (κ3) is 6.16. The van der Waals surface area contributed by atoms with E-state index < -0.39 is 0 Å². The van der Waals surface area contributed by atoms with Gasteiger partial charge in [-0.25, -0.2) is 5.01 Å². The Morgan fingerprint density at radius 1 is 0.733 bits per heavy atom. The SMILES string of the molecule is CC(C)(C)CNN(C(C)(C)C)C(C)(C)C. The van der Waals surface area contributed by atoms with Crippen LogP contribution >= 0.6 is 0 Å². The third-order valence-corrected chi connectivity index (χ3v) is 2.11. The quantitative estimate of drug-likeness (QED) is 0.708. The number of nitrogens with one attached hydrogen (secondary N) is 1. The van der Waals surface area contributed by atoms with Gasteiger partial charge in [-0.3, -0.25) is 5.43 Å². The second-order valence-electron chi connectivity index (χ2n) is 7.57. The Kier molecular flexibility index (Phi) is 4.40. The van der Waals surface area contributed by atoms with Gasteiger partial charge in [0.2, 0.25) is 0 Å². The zero-order chi connectivity index (χ0) is 12.5. The van der Waals surface area contributed by atoms with Crippen LogP contribution < -0.4 is 5.43 Å². The largest absolute Gasteiger partial charge is 0.254 e. The lowest BCUT2D eigenvalue weighted by Gasteiger charge is -2.46. The molecule has 0 aliphatic heterocycles. The molecule has 0 aliphatic carbocycles. The molecule has 0 aromatic heterocycles. The predicted molar refractivity (Wildman–Crippen MR) is 68.8 cm³/mol. The fraction of sp³-hybridized carbons (Fsp3) is 1.00. The van der Waals surface area contributed by atoms with Crippen LogP contribution in [0.4, 0.5) is 0 Å². The van der Waals surface area contributed by atoms with E-state index >= 15 is 0 Å². The molecule has 2 heteroatoms. The molecule has 0 amide bonds. The smallest absolute Gasteiger partial charge is 0.0275 e. The van der Waals surface area contributed by atoms with Crippen molar-refractivity contribution >= 4 is 0 Å². The molecule has 0 aromatic rings. The van der Waals surface area contributed by atoms with Gasteiger partial charge in [0.1, 0.15) is 0 Å². The van der Waals surface area contributed by atoms with Crippen LogP contribution in [-0.4, -0.2) is 22.6 Å². The molecular weight excluding hydrogens is 184 g/mol. The Bertz CT molecular complexity index is 174. The van der Waals surface area contributed by atoms with Crippen molar-refractivity contribution in [2.24, 2.45) is 5.41 Å². The molecular formula is C13H30N2. The molecule has 0 aliphatic rings. The van der Waals surface area contributed by atoms with Gasteiger partial charge in [0, 0.05) is 17.6 Å². The minimum absolute atomic E-state index is 0.142. The van der Waals surface area contributed by atoms with E-state index in [2.05, 4.69) is 72.7 Å². The molecule has 15 heavy (non-hydrogen) atoms. The fourth-order valence-electron chi connectivity index (χ4n) is 1.80. The highest BCUT2D eigenvalue weighted by Crippen LogP contribution is 2.23. The molecule has 1 N–H and O–H groups in total. The molecule has 0 radical (unpaired) electrons. The maximum absolute atomic E-state index is 3.57. The first-order valence-corrected chi connectivity index (χ1v) is 5.88. The van der Waals surface area contributed by atoms with Gasteiger partial charge in [0.25, 0.3) is 0 Å². The Morgan fingerprint density at radius 2 is 1.07 bits per heavy atom. The fourth-order valence-corrected chi connectivity index (χ4v) is 1.80. The first-order chi connectivity index (χ1) is 6.34. The first-order valence-electron chi connectivity index (χ1n) is 5.88. The normalized spacial score (nSPS) is 14.8. The summed E-state index contributed by atoms with van der Waals surface area (Å²) in [5, 5.41) is 2.35. The molecule has 0 aromatic carbocycles. The lowest BCUT2D eigenvalue weighted by molar-refractivity contribution is -0.0234. The van der Waals surface area contributed by atoms with Crippen molar-refractivity contribution in [1.82, 2.24) is 10.4 Å². The molecule has 0 heterocycles. The van der Waals surface area contributed by atoms with Crippen LogP contribution in [0.1, 0.15) is 62.3 Å². The van der Waals surface area contributed by atoms with Crippen LogP contribution in [0.5, 0.6) is 0 Å². The van der Waals surface area contributed by atoms with Gasteiger partial charge in [-0.1, -0.05) is 20.8 Å². The Labute approximate surface area is 96.4 Å². The molecule has 0 saturated heterocycles. The van der Waals surface area contributed by atoms with E-state index in [1.54, 1.807) is 0 Å². The number of hydrogen-bond donors (Lipinski definition) is 1. The monoisotopic (exact) mass is 214 g/mol. The summed E-state index contributed by atoms with van der Waals surface area (Å²) in [5.74, 6) is 0. The van der Waals surface area contributed by atoms with E-state index in [9.17, 15) is 0 Å². The standard InChI is InChI=1S/C13H30N2/c1-11(2,3)10-14-15(12(4,5)6)13(7,8)9/h14H,10H2,1-9H3. The van der Waals surface area contributed by atoms with Crippen molar-refractivity contribution in [3.05, 3.63) is 0 Å². The molecule has 0 fully saturated rings. The number of hydrogen-bond acceptors (Lipinski definition) is 2. The topological polar surface area (TPSA) is 15.3 Å². The summed E-state index contributed by atoms with van der Waals surface area (Å²) in [5.41, 5.74) is 4.17. The van der Waals surface area contributed by atoms with Gasteiger partial charge >= 0.3 is 0 Å². The highest BCUT2D eigenvalue weighted by Gasteiger charge is 2.32. The number of rotatable bonds is 2. The molecule has 0 rings (SSSR count). The maximum Gasteiger partial charge on any atom is 0.0275 e. The summed E-state index contributed by atoms with van der Waals surface area (Å²) >= 11 is 0. The van der Waals surface area contributed by atoms with Crippen molar-refractivity contribution in [3.63, 3.8) is 0 Å². The van der Waals surface area contributed by atoms with E-state index in [1.807, 2.05) is 0 Å². The van der Waals surface area contributed by atoms with Crippen LogP contribution in [0.2, 0.25) is 0 Å². The summed E-state index contributed by atoms with van der Waals surface area (Å²) < 4.78 is 0. The van der Waals surface area contributed by atoms with E-state index in [4.69, 9.17) is 0 Å². The van der Waals surface area contributed by atoms with Gasteiger partial charge in [0.15, 0.2) is 0 Å². The van der Waals surface area contributed by atoms with Crippen molar-refractivity contribution < 1.29 is 0 Å². The molecule has 0 atom stereocenters. The number of nitrogens with zero attached hydrogens (tertiary/aromatic N) is 1. The number of hydrazine groups is 1. The summed E-state index contributed by atoms with van der Waals surface area (Å²) in [6, 6.07) is 0. The summed E-state index contributed by atoms with van der Waals surface area (Å²) in [7, 11) is 0. The average Bonchev–Trinajstić information content (AvgIpc) is 1.75. The van der Waals surface area contributed by atoms with Crippen molar-refractivity contribution in [2.75, 3.05) is 6.54 Å². The Balaban J connectivity index is 4.56. The molecule has 0 spiro atoms. The van der Waals surface area contributed by atoms with Gasteiger partial charge in [-0.2, -0.15) is 0 Å². The highest BCUT2D eigenvalue weighted by molar-refractivity contribution is 4.84. The maximum atomic E-state index is 3.57. The van der Waals surface area contributed by atoms with E-state index in [0.29, 0.717) is 5.41 Å². The van der Waals surface area contributed by atoms with Gasteiger partial charge in [-0.05, 0) is 47.0 Å². The molecule has 0 bridgehead atoms. The molecule has 2 nitrogen and oxygen atoms in total. The minimum atomic E-state index is 0.142. The summed E-state index contributed by atoms with van der Waals surface area (Å²) in [6.07, 6.45) is 0. The van der Waals surface area contributed by atoms with Crippen molar-refractivity contribution in [1.29, 1.82) is 0 Å². The summed E-state index contributed by atoms with van der Waals surface area (Å²) in [6.45, 7) is 21.2. The van der Waals surface area contributed by atoms with Crippen molar-refractivity contribution in [2.45, 2.75) is 73.4 Å². The predicted octanol–water partition coefficient (Wildman–Crippen LogP) is 3.44. The third-order valence-electron chi connectivity index (χ3n) is 2.11. The molecule has 0 unspecified atom stereocenters. The second kappa shape index (κ2) is 4.42. The first kappa shape index (κ1) is 14.9. The van der Waals surface area contributed by atoms with Gasteiger partial charge in [0.05, 0.1) is 0 Å². The van der Waals surface area contributed by atoms with Crippen LogP contribution in [0, 0.1) is 5.41 Å². The van der Waals surface area contributed by atoms with Crippen LogP contribution in [0.3, 0.4) is 0 Å². The Morgan fingerprint density at radius 3 is 1.27 bits per heavy atom. The van der Waals surface area contributed by atoms with E-state index in [0.717, 1.165) is 6.54 Å². The van der Waals surface area contributed by atoms with Crippen LogP contribution in [0.15, 0.2) is 0 Å². The van der Waals surface area contributed by atoms with E-state index in [-0.39, 0.29) is 11.1 Å². The lowest BCUT2D eigenvalue weighted by atomic mass is 9.96. The van der Waals surface area contributed by atoms with Gasteiger partial charge in [-0.15, -0.1) is 0 Å². The summed E-state index contributed by atoms with van der Waals surface area (Å²) in [4.78, 5) is 0. The van der Waals surface area contributed by atoms with Crippen LogP contribution in [-0.2, 0) is 0 Å². The minimum Gasteiger partial charge on any atom is -0.254 e. The lowest BCUT2D eigenvalue weighted by Crippen LogP contribution is -2.60. The zero-order valence-corrected chi connectivity index (χ0v) is 12.2. The molecule has 92 valence electrons. The zero-order valence-electron chi connectivity index (χ0n) is 12.2. The van der Waals surface area contributed by atoms with Gasteiger partial charge < -0.3 is 0 Å². The second-order valence-corrected chi connectivity index (χ2v) is 7.57. The van der Waals surface area contributed by atoms with Crippen LogP contribution in [0.25, 0.3) is 0 Å². The highest BCUT2D eigenvalue weighted by atomic mass is 15.6. The molecule has 0 saturated carbocycles. The van der Waals surface area contributed by atoms with E-state index in [1.165, 1.54) is 0 Å². The Hall–Kier alpha value is -0.0800. The van der Waals surface area contributed by atoms with Crippen molar-refractivity contribution in [3.8, 4) is 0 Å².